The minimum absolute atomic E-state index is 0.308. The van der Waals surface area contributed by atoms with E-state index in [1.54, 1.807) is 20.8 Å². The molecule has 0 unspecified atom stereocenters. The van der Waals surface area contributed by atoms with E-state index in [0.717, 1.165) is 16.8 Å². The number of amides is 2. The monoisotopic (exact) mass is 437 g/mol. The number of halogens is 1. The van der Waals surface area contributed by atoms with Crippen molar-refractivity contribution >= 4 is 23.5 Å². The third kappa shape index (κ3) is 5.55. The molecule has 1 aromatic heterocycles. The van der Waals surface area contributed by atoms with E-state index in [-0.39, 0.29) is 0 Å². The number of esters is 1. The van der Waals surface area contributed by atoms with Crippen LogP contribution in [0.2, 0.25) is 0 Å². The van der Waals surface area contributed by atoms with E-state index in [1.807, 2.05) is 48.7 Å². The summed E-state index contributed by atoms with van der Waals surface area (Å²) in [4.78, 5) is 25.8. The van der Waals surface area contributed by atoms with Crippen molar-refractivity contribution in [1.29, 1.82) is 0 Å². The molecule has 2 N–H and O–H groups in total. The molecule has 168 valence electrons. The van der Waals surface area contributed by atoms with Gasteiger partial charge >= 0.3 is 12.0 Å². The van der Waals surface area contributed by atoms with Crippen LogP contribution in [0.1, 0.15) is 48.0 Å². The molecule has 0 spiro atoms. The minimum Gasteiger partial charge on any atom is -0.456 e. The molecule has 2 amide bonds. The maximum Gasteiger partial charge on any atom is 0.342 e. The van der Waals surface area contributed by atoms with Gasteiger partial charge in [-0.15, -0.1) is 0 Å². The first-order valence-electron chi connectivity index (χ1n) is 10.4. The van der Waals surface area contributed by atoms with Gasteiger partial charge in [0.15, 0.2) is 0 Å². The van der Waals surface area contributed by atoms with E-state index in [4.69, 9.17) is 4.74 Å². The van der Waals surface area contributed by atoms with Crippen LogP contribution in [0.5, 0.6) is 0 Å². The molecule has 0 aliphatic heterocycles. The Morgan fingerprint density at radius 3 is 2.19 bits per heavy atom. The second kappa shape index (κ2) is 9.26. The summed E-state index contributed by atoms with van der Waals surface area (Å²) in [6, 6.07) is 14.6. The lowest BCUT2D eigenvalue weighted by molar-refractivity contribution is 0.00700. The highest BCUT2D eigenvalue weighted by atomic mass is 19.1. The van der Waals surface area contributed by atoms with Crippen molar-refractivity contribution in [2.45, 2.75) is 46.8 Å². The first-order valence-corrected chi connectivity index (χ1v) is 10.4. The number of carbonyl (C=O) groups excluding carboxylic acids is 2. The number of aromatic nitrogens is 1. The standard InChI is InChI=1S/C25H28FN3O3/c1-16-17(2)29(15-18-9-7-6-8-10-18)22(21(16)23(30)32-25(3,4)5)28-24(31)27-20-13-11-19(26)12-14-20/h6-14H,15H2,1-5H3,(H2,27,28,31). The number of nitrogens with one attached hydrogen (secondary N) is 2. The fraction of sp³-hybridized carbons (Fsp3) is 0.280. The molecule has 0 aliphatic carbocycles. The first kappa shape index (κ1) is 23.1. The fourth-order valence-electron chi connectivity index (χ4n) is 3.34. The third-order valence-corrected chi connectivity index (χ3v) is 4.95. The molecule has 7 heteroatoms. The molecule has 0 atom stereocenters. The molecule has 0 saturated carbocycles. The van der Waals surface area contributed by atoms with Crippen LogP contribution in [0.4, 0.5) is 20.7 Å². The summed E-state index contributed by atoms with van der Waals surface area (Å²) in [6.07, 6.45) is 0. The van der Waals surface area contributed by atoms with Crippen LogP contribution in [0.15, 0.2) is 54.6 Å². The third-order valence-electron chi connectivity index (χ3n) is 4.95. The molecule has 0 saturated heterocycles. The number of benzene rings is 2. The molecule has 0 aliphatic rings. The van der Waals surface area contributed by atoms with Gasteiger partial charge in [-0.05, 0) is 70.0 Å². The Balaban J connectivity index is 1.99. The molecule has 6 nitrogen and oxygen atoms in total. The second-order valence-corrected chi connectivity index (χ2v) is 8.59. The number of ether oxygens (including phenoxy) is 1. The van der Waals surface area contributed by atoms with Gasteiger partial charge in [-0.3, -0.25) is 5.32 Å². The zero-order valence-corrected chi connectivity index (χ0v) is 19.0. The topological polar surface area (TPSA) is 72.4 Å². The average Bonchev–Trinajstić information content (AvgIpc) is 2.93. The van der Waals surface area contributed by atoms with E-state index < -0.39 is 23.4 Å². The molecular weight excluding hydrogens is 409 g/mol. The number of hydrogen-bond acceptors (Lipinski definition) is 3. The summed E-state index contributed by atoms with van der Waals surface area (Å²) in [5.74, 6) is -0.564. The van der Waals surface area contributed by atoms with Gasteiger partial charge in [-0.1, -0.05) is 30.3 Å². The van der Waals surface area contributed by atoms with E-state index in [1.165, 1.54) is 24.3 Å². The predicted octanol–water partition coefficient (Wildman–Crippen LogP) is 5.89. The summed E-state index contributed by atoms with van der Waals surface area (Å²) in [7, 11) is 0. The Kier molecular flexibility index (Phi) is 6.67. The van der Waals surface area contributed by atoms with Gasteiger partial charge in [0.1, 0.15) is 22.8 Å². The van der Waals surface area contributed by atoms with E-state index in [2.05, 4.69) is 10.6 Å². The number of hydrogen-bond donors (Lipinski definition) is 2. The quantitative estimate of drug-likeness (QED) is 0.489. The molecular formula is C25H28FN3O3. The lowest BCUT2D eigenvalue weighted by atomic mass is 10.1. The maximum absolute atomic E-state index is 13.2. The van der Waals surface area contributed by atoms with Gasteiger partial charge in [-0.2, -0.15) is 0 Å². The highest BCUT2D eigenvalue weighted by Gasteiger charge is 2.28. The minimum atomic E-state index is -0.688. The first-order chi connectivity index (χ1) is 15.0. The summed E-state index contributed by atoms with van der Waals surface area (Å²) in [6.45, 7) is 9.57. The molecule has 0 bridgehead atoms. The zero-order valence-electron chi connectivity index (χ0n) is 19.0. The Bertz CT molecular complexity index is 1110. The SMILES string of the molecule is Cc1c(C(=O)OC(C)(C)C)c(NC(=O)Nc2ccc(F)cc2)n(Cc2ccccc2)c1C. The van der Waals surface area contributed by atoms with Crippen LogP contribution in [-0.2, 0) is 11.3 Å². The largest absolute Gasteiger partial charge is 0.456 e. The fourth-order valence-corrected chi connectivity index (χ4v) is 3.34. The highest BCUT2D eigenvalue weighted by molar-refractivity contribution is 6.05. The van der Waals surface area contributed by atoms with Crippen LogP contribution in [0, 0.1) is 19.7 Å². The van der Waals surface area contributed by atoms with Crippen molar-refractivity contribution in [2.24, 2.45) is 0 Å². The Labute approximate surface area is 187 Å². The molecule has 3 rings (SSSR count). The number of anilines is 2. The molecule has 1 heterocycles. The van der Waals surface area contributed by atoms with Gasteiger partial charge < -0.3 is 14.6 Å². The molecule has 0 fully saturated rings. The number of carbonyl (C=O) groups is 2. The molecule has 2 aromatic carbocycles. The Morgan fingerprint density at radius 2 is 1.59 bits per heavy atom. The summed E-state index contributed by atoms with van der Waals surface area (Å²) in [5.41, 5.74) is 2.63. The van der Waals surface area contributed by atoms with Crippen LogP contribution in [-0.4, -0.2) is 22.2 Å². The van der Waals surface area contributed by atoms with Gasteiger partial charge in [-0.25, -0.2) is 14.0 Å². The summed E-state index contributed by atoms with van der Waals surface area (Å²) < 4.78 is 20.7. The smallest absolute Gasteiger partial charge is 0.342 e. The summed E-state index contributed by atoms with van der Waals surface area (Å²) >= 11 is 0. The molecule has 32 heavy (non-hydrogen) atoms. The molecule has 0 radical (unpaired) electrons. The zero-order chi connectivity index (χ0) is 23.5. The Hall–Kier alpha value is -3.61. The average molecular weight is 438 g/mol. The lowest BCUT2D eigenvalue weighted by Crippen LogP contribution is -2.27. The number of rotatable bonds is 5. The van der Waals surface area contributed by atoms with Crippen LogP contribution in [0.25, 0.3) is 0 Å². The molecule has 3 aromatic rings. The summed E-state index contributed by atoms with van der Waals surface area (Å²) in [5, 5.41) is 5.48. The normalized spacial score (nSPS) is 11.2. The van der Waals surface area contributed by atoms with Crippen molar-refractivity contribution < 1.29 is 18.7 Å². The van der Waals surface area contributed by atoms with E-state index >= 15 is 0 Å². The van der Waals surface area contributed by atoms with Crippen molar-refractivity contribution in [2.75, 3.05) is 10.6 Å². The highest BCUT2D eigenvalue weighted by Crippen LogP contribution is 2.30. The van der Waals surface area contributed by atoms with Crippen LogP contribution >= 0.6 is 0 Å². The van der Waals surface area contributed by atoms with Crippen molar-refractivity contribution in [3.63, 3.8) is 0 Å². The van der Waals surface area contributed by atoms with Crippen LogP contribution < -0.4 is 10.6 Å². The maximum atomic E-state index is 13.2. The predicted molar refractivity (Wildman–Crippen MR) is 124 cm³/mol. The van der Waals surface area contributed by atoms with Crippen molar-refractivity contribution in [3.05, 3.63) is 82.8 Å². The lowest BCUT2D eigenvalue weighted by Gasteiger charge is -2.20. The van der Waals surface area contributed by atoms with E-state index in [0.29, 0.717) is 23.6 Å². The number of urea groups is 1. The van der Waals surface area contributed by atoms with E-state index in [9.17, 15) is 14.0 Å². The van der Waals surface area contributed by atoms with Crippen LogP contribution in [0.3, 0.4) is 0 Å². The van der Waals surface area contributed by atoms with Gasteiger partial charge in [0, 0.05) is 17.9 Å². The van der Waals surface area contributed by atoms with Crippen molar-refractivity contribution in [1.82, 2.24) is 4.57 Å². The van der Waals surface area contributed by atoms with Gasteiger partial charge in [0.25, 0.3) is 0 Å². The van der Waals surface area contributed by atoms with Crippen molar-refractivity contribution in [3.8, 4) is 0 Å². The number of nitrogens with zero attached hydrogens (tertiary/aromatic N) is 1. The van der Waals surface area contributed by atoms with Gasteiger partial charge in [0.05, 0.1) is 0 Å². The second-order valence-electron chi connectivity index (χ2n) is 8.59. The van der Waals surface area contributed by atoms with Gasteiger partial charge in [0.2, 0.25) is 0 Å². The Morgan fingerprint density at radius 1 is 0.969 bits per heavy atom.